The second-order valence-electron chi connectivity index (χ2n) is 4.82. The Kier molecular flexibility index (Phi) is 3.86. The molecule has 1 aliphatic rings. The molecule has 2 unspecified atom stereocenters. The SMILES string of the molecule is Cc1cc(F)ccc1C1CCCCC(Cl)C1. The number of hydrogen-bond acceptors (Lipinski definition) is 0. The summed E-state index contributed by atoms with van der Waals surface area (Å²) in [5, 5.41) is 0.289. The molecular formula is C14H18ClF. The maximum absolute atomic E-state index is 13.0. The fourth-order valence-corrected chi connectivity index (χ4v) is 3.05. The summed E-state index contributed by atoms with van der Waals surface area (Å²) in [5.74, 6) is 0.378. The second kappa shape index (κ2) is 5.18. The van der Waals surface area contributed by atoms with Gasteiger partial charge in [-0.1, -0.05) is 18.9 Å². The molecule has 2 heteroatoms. The van der Waals surface area contributed by atoms with E-state index in [1.807, 2.05) is 13.0 Å². The fourth-order valence-electron chi connectivity index (χ4n) is 2.68. The number of hydrogen-bond donors (Lipinski definition) is 0. The molecule has 2 atom stereocenters. The summed E-state index contributed by atoms with van der Waals surface area (Å²) in [4.78, 5) is 0. The first-order valence-corrected chi connectivity index (χ1v) is 6.50. The van der Waals surface area contributed by atoms with Gasteiger partial charge >= 0.3 is 0 Å². The van der Waals surface area contributed by atoms with Crippen LogP contribution in [0.4, 0.5) is 4.39 Å². The molecular weight excluding hydrogens is 223 g/mol. The van der Waals surface area contributed by atoms with Gasteiger partial charge in [-0.3, -0.25) is 0 Å². The van der Waals surface area contributed by atoms with Crippen molar-refractivity contribution in [3.8, 4) is 0 Å². The minimum Gasteiger partial charge on any atom is -0.207 e. The molecule has 16 heavy (non-hydrogen) atoms. The van der Waals surface area contributed by atoms with Gasteiger partial charge in [0.1, 0.15) is 5.82 Å². The summed E-state index contributed by atoms with van der Waals surface area (Å²) in [7, 11) is 0. The van der Waals surface area contributed by atoms with E-state index >= 15 is 0 Å². The summed E-state index contributed by atoms with van der Waals surface area (Å²) in [6.07, 6.45) is 5.82. The van der Waals surface area contributed by atoms with Gasteiger partial charge in [-0.25, -0.2) is 4.39 Å². The van der Waals surface area contributed by atoms with Crippen molar-refractivity contribution < 1.29 is 4.39 Å². The maximum atomic E-state index is 13.0. The van der Waals surface area contributed by atoms with Crippen LogP contribution in [0.2, 0.25) is 0 Å². The van der Waals surface area contributed by atoms with E-state index in [2.05, 4.69) is 0 Å². The minimum absolute atomic E-state index is 0.141. The maximum Gasteiger partial charge on any atom is 0.123 e. The van der Waals surface area contributed by atoms with Gasteiger partial charge in [-0.2, -0.15) is 0 Å². The first-order chi connectivity index (χ1) is 7.66. The summed E-state index contributed by atoms with van der Waals surface area (Å²) in [5.41, 5.74) is 2.35. The van der Waals surface area contributed by atoms with Gasteiger partial charge in [-0.05, 0) is 55.4 Å². The Labute approximate surface area is 102 Å². The summed E-state index contributed by atoms with van der Waals surface area (Å²) in [6.45, 7) is 1.99. The average Bonchev–Trinajstić information content (AvgIpc) is 2.43. The van der Waals surface area contributed by atoms with Crippen molar-refractivity contribution in [2.75, 3.05) is 0 Å². The van der Waals surface area contributed by atoms with Crippen LogP contribution in [0.25, 0.3) is 0 Å². The third-order valence-corrected chi connectivity index (χ3v) is 3.93. The van der Waals surface area contributed by atoms with Crippen LogP contribution in [0.15, 0.2) is 18.2 Å². The number of halogens is 2. The van der Waals surface area contributed by atoms with Crippen LogP contribution < -0.4 is 0 Å². The van der Waals surface area contributed by atoms with Crippen LogP contribution in [0.3, 0.4) is 0 Å². The Balaban J connectivity index is 2.21. The van der Waals surface area contributed by atoms with Crippen LogP contribution in [-0.2, 0) is 0 Å². The number of rotatable bonds is 1. The smallest absolute Gasteiger partial charge is 0.123 e. The zero-order valence-electron chi connectivity index (χ0n) is 9.68. The molecule has 0 aromatic heterocycles. The minimum atomic E-state index is -0.141. The molecule has 0 heterocycles. The molecule has 0 spiro atoms. The van der Waals surface area contributed by atoms with Gasteiger partial charge in [0, 0.05) is 5.38 Å². The normalized spacial score (nSPS) is 26.4. The van der Waals surface area contributed by atoms with Crippen molar-refractivity contribution in [2.24, 2.45) is 0 Å². The molecule has 0 nitrogen and oxygen atoms in total. The highest BCUT2D eigenvalue weighted by molar-refractivity contribution is 6.20. The first kappa shape index (κ1) is 11.9. The molecule has 1 saturated carbocycles. The molecule has 0 aliphatic heterocycles. The molecule has 1 fully saturated rings. The van der Waals surface area contributed by atoms with Gasteiger partial charge in [0.2, 0.25) is 0 Å². The molecule has 0 amide bonds. The lowest BCUT2D eigenvalue weighted by Crippen LogP contribution is -2.06. The van der Waals surface area contributed by atoms with Crippen molar-refractivity contribution in [3.05, 3.63) is 35.1 Å². The monoisotopic (exact) mass is 240 g/mol. The topological polar surface area (TPSA) is 0 Å². The van der Waals surface area contributed by atoms with Crippen LogP contribution >= 0.6 is 11.6 Å². The summed E-state index contributed by atoms with van der Waals surface area (Å²) >= 11 is 6.28. The van der Waals surface area contributed by atoms with Gasteiger partial charge in [0.15, 0.2) is 0 Å². The van der Waals surface area contributed by atoms with E-state index in [0.29, 0.717) is 5.92 Å². The van der Waals surface area contributed by atoms with E-state index in [4.69, 9.17) is 11.6 Å². The number of aryl methyl sites for hydroxylation is 1. The van der Waals surface area contributed by atoms with E-state index in [-0.39, 0.29) is 11.2 Å². The summed E-state index contributed by atoms with van der Waals surface area (Å²) < 4.78 is 13.0. The van der Waals surface area contributed by atoms with Crippen molar-refractivity contribution in [1.82, 2.24) is 0 Å². The second-order valence-corrected chi connectivity index (χ2v) is 5.43. The largest absolute Gasteiger partial charge is 0.207 e. The fraction of sp³-hybridized carbons (Fsp3) is 0.571. The molecule has 1 aromatic carbocycles. The first-order valence-electron chi connectivity index (χ1n) is 6.07. The molecule has 0 radical (unpaired) electrons. The van der Waals surface area contributed by atoms with Crippen molar-refractivity contribution in [3.63, 3.8) is 0 Å². The Hall–Kier alpha value is -0.560. The highest BCUT2D eigenvalue weighted by Gasteiger charge is 2.21. The van der Waals surface area contributed by atoms with Gasteiger partial charge in [0.05, 0.1) is 0 Å². The van der Waals surface area contributed by atoms with E-state index in [0.717, 1.165) is 18.4 Å². The molecule has 2 rings (SSSR count). The van der Waals surface area contributed by atoms with Gasteiger partial charge in [-0.15, -0.1) is 11.6 Å². The van der Waals surface area contributed by atoms with Crippen LogP contribution in [-0.4, -0.2) is 5.38 Å². The van der Waals surface area contributed by atoms with Crippen molar-refractivity contribution in [1.29, 1.82) is 0 Å². The molecule has 0 N–H and O–H groups in total. The Morgan fingerprint density at radius 1 is 1.25 bits per heavy atom. The predicted octanol–water partition coefficient (Wildman–Crippen LogP) is 4.79. The van der Waals surface area contributed by atoms with Gasteiger partial charge in [0.25, 0.3) is 0 Å². The molecule has 1 aliphatic carbocycles. The highest BCUT2D eigenvalue weighted by atomic mass is 35.5. The predicted molar refractivity (Wildman–Crippen MR) is 66.6 cm³/mol. The lowest BCUT2D eigenvalue weighted by Gasteiger charge is -2.18. The summed E-state index contributed by atoms with van der Waals surface area (Å²) in [6, 6.07) is 5.13. The van der Waals surface area contributed by atoms with Gasteiger partial charge < -0.3 is 0 Å². The zero-order chi connectivity index (χ0) is 11.5. The molecule has 88 valence electrons. The number of alkyl halides is 1. The van der Waals surface area contributed by atoms with Crippen molar-refractivity contribution >= 4 is 11.6 Å². The lowest BCUT2D eigenvalue weighted by atomic mass is 9.89. The van der Waals surface area contributed by atoms with Crippen LogP contribution in [0, 0.1) is 12.7 Å². The average molecular weight is 241 g/mol. The van der Waals surface area contributed by atoms with E-state index in [1.54, 1.807) is 12.1 Å². The standard InChI is InChI=1S/C14H18ClF/c1-10-8-13(16)6-7-14(10)11-4-2-3-5-12(15)9-11/h6-8,11-12H,2-5,9H2,1H3. The zero-order valence-corrected chi connectivity index (χ0v) is 10.4. The third-order valence-electron chi connectivity index (χ3n) is 3.53. The quantitative estimate of drug-likeness (QED) is 0.489. The Bertz CT molecular complexity index is 362. The van der Waals surface area contributed by atoms with Crippen molar-refractivity contribution in [2.45, 2.75) is 50.3 Å². The molecule has 1 aromatic rings. The van der Waals surface area contributed by atoms with Crippen LogP contribution in [0.1, 0.15) is 49.1 Å². The van der Waals surface area contributed by atoms with E-state index in [1.165, 1.54) is 24.8 Å². The Morgan fingerprint density at radius 3 is 2.75 bits per heavy atom. The van der Waals surface area contributed by atoms with E-state index in [9.17, 15) is 4.39 Å². The molecule has 0 bridgehead atoms. The third kappa shape index (κ3) is 2.76. The lowest BCUT2D eigenvalue weighted by molar-refractivity contribution is 0.585. The highest BCUT2D eigenvalue weighted by Crippen LogP contribution is 2.35. The van der Waals surface area contributed by atoms with Crippen LogP contribution in [0.5, 0.6) is 0 Å². The Morgan fingerprint density at radius 2 is 2.00 bits per heavy atom. The molecule has 0 saturated heterocycles. The number of benzene rings is 1. The van der Waals surface area contributed by atoms with E-state index < -0.39 is 0 Å².